The highest BCUT2D eigenvalue weighted by Gasteiger charge is 2.12. The number of hydrogen-bond acceptors (Lipinski definition) is 4. The van der Waals surface area contributed by atoms with Crippen LogP contribution in [0.25, 0.3) is 11.5 Å². The summed E-state index contributed by atoms with van der Waals surface area (Å²) in [4.78, 5) is 0. The van der Waals surface area contributed by atoms with E-state index in [9.17, 15) is 0 Å². The summed E-state index contributed by atoms with van der Waals surface area (Å²) in [5.74, 6) is 1.28. The molecule has 0 saturated carbocycles. The van der Waals surface area contributed by atoms with E-state index in [2.05, 4.69) is 62.3 Å². The van der Waals surface area contributed by atoms with Crippen molar-refractivity contribution < 1.29 is 4.42 Å². The highest BCUT2D eigenvalue weighted by Crippen LogP contribution is 2.22. The number of aryl methyl sites for hydroxylation is 2. The second-order valence-electron chi connectivity index (χ2n) is 6.25. The summed E-state index contributed by atoms with van der Waals surface area (Å²) >= 11 is 0. The van der Waals surface area contributed by atoms with Gasteiger partial charge in [-0.25, -0.2) is 0 Å². The lowest BCUT2D eigenvalue weighted by Crippen LogP contribution is -2.37. The van der Waals surface area contributed by atoms with Crippen LogP contribution in [0.4, 0.5) is 0 Å². The predicted octanol–water partition coefficient (Wildman–Crippen LogP) is 3.28. The van der Waals surface area contributed by atoms with Crippen molar-refractivity contribution in [2.45, 2.75) is 46.6 Å². The van der Waals surface area contributed by atoms with Gasteiger partial charge in [-0.15, -0.1) is 10.2 Å². The Morgan fingerprint density at radius 1 is 1.15 bits per heavy atom. The van der Waals surface area contributed by atoms with Crippen molar-refractivity contribution in [3.63, 3.8) is 0 Å². The molecule has 1 aromatic carbocycles. The molecule has 4 nitrogen and oxygen atoms in total. The zero-order valence-corrected chi connectivity index (χ0v) is 12.9. The summed E-state index contributed by atoms with van der Waals surface area (Å²) in [6.07, 6.45) is 0.745. The molecule has 20 heavy (non-hydrogen) atoms. The first kappa shape index (κ1) is 14.7. The van der Waals surface area contributed by atoms with E-state index < -0.39 is 0 Å². The van der Waals surface area contributed by atoms with Gasteiger partial charge in [-0.05, 0) is 46.2 Å². The molecule has 0 atom stereocenters. The standard InChI is InChI=1S/C16H23N3O/c1-11-6-7-13(12(2)10-11)15-19-18-14(20-15)8-9-17-16(3,4)5/h6-7,10,17H,8-9H2,1-5H3. The first-order valence-corrected chi connectivity index (χ1v) is 7.00. The average Bonchev–Trinajstić information content (AvgIpc) is 2.75. The van der Waals surface area contributed by atoms with Crippen LogP contribution in [0.15, 0.2) is 22.6 Å². The van der Waals surface area contributed by atoms with Crippen molar-refractivity contribution in [2.24, 2.45) is 0 Å². The number of nitrogens with one attached hydrogen (secondary N) is 1. The van der Waals surface area contributed by atoms with E-state index in [0.29, 0.717) is 11.8 Å². The third kappa shape index (κ3) is 3.90. The Kier molecular flexibility index (Phi) is 4.23. The monoisotopic (exact) mass is 273 g/mol. The largest absolute Gasteiger partial charge is 0.421 e. The van der Waals surface area contributed by atoms with Gasteiger partial charge in [0, 0.05) is 24.1 Å². The van der Waals surface area contributed by atoms with Gasteiger partial charge in [-0.2, -0.15) is 0 Å². The molecule has 0 saturated heterocycles. The zero-order valence-electron chi connectivity index (χ0n) is 12.9. The van der Waals surface area contributed by atoms with Gasteiger partial charge in [0.2, 0.25) is 11.8 Å². The van der Waals surface area contributed by atoms with Crippen LogP contribution in [-0.2, 0) is 6.42 Å². The van der Waals surface area contributed by atoms with Crippen molar-refractivity contribution in [3.05, 3.63) is 35.2 Å². The van der Waals surface area contributed by atoms with E-state index >= 15 is 0 Å². The topological polar surface area (TPSA) is 51.0 Å². The first-order chi connectivity index (χ1) is 9.35. The summed E-state index contributed by atoms with van der Waals surface area (Å²) in [5.41, 5.74) is 3.52. The van der Waals surface area contributed by atoms with Gasteiger partial charge in [0.25, 0.3) is 0 Å². The third-order valence-electron chi connectivity index (χ3n) is 3.07. The van der Waals surface area contributed by atoms with Gasteiger partial charge in [0.1, 0.15) is 0 Å². The summed E-state index contributed by atoms with van der Waals surface area (Å²) in [5, 5.41) is 11.7. The molecule has 1 N–H and O–H groups in total. The molecule has 0 unspecified atom stereocenters. The molecule has 0 spiro atoms. The van der Waals surface area contributed by atoms with Crippen LogP contribution < -0.4 is 5.32 Å². The average molecular weight is 273 g/mol. The maximum Gasteiger partial charge on any atom is 0.247 e. The van der Waals surface area contributed by atoms with E-state index in [0.717, 1.165) is 24.1 Å². The highest BCUT2D eigenvalue weighted by molar-refractivity contribution is 5.58. The quantitative estimate of drug-likeness (QED) is 0.928. The molecule has 0 aliphatic heterocycles. The Morgan fingerprint density at radius 2 is 1.90 bits per heavy atom. The van der Waals surface area contributed by atoms with E-state index in [4.69, 9.17) is 4.42 Å². The Hall–Kier alpha value is -1.68. The summed E-state index contributed by atoms with van der Waals surface area (Å²) in [6, 6.07) is 6.23. The minimum Gasteiger partial charge on any atom is -0.421 e. The minimum atomic E-state index is 0.108. The number of aromatic nitrogens is 2. The number of nitrogens with zero attached hydrogens (tertiary/aromatic N) is 2. The molecule has 0 radical (unpaired) electrons. The molecule has 1 aromatic heterocycles. The normalized spacial score (nSPS) is 11.8. The van der Waals surface area contributed by atoms with Crippen LogP contribution in [0.3, 0.4) is 0 Å². The Balaban J connectivity index is 2.05. The fourth-order valence-electron chi connectivity index (χ4n) is 2.06. The van der Waals surface area contributed by atoms with Crippen LogP contribution in [0, 0.1) is 13.8 Å². The van der Waals surface area contributed by atoms with Crippen molar-refractivity contribution in [1.29, 1.82) is 0 Å². The smallest absolute Gasteiger partial charge is 0.247 e. The lowest BCUT2D eigenvalue weighted by atomic mass is 10.1. The van der Waals surface area contributed by atoms with Crippen molar-refractivity contribution in [2.75, 3.05) is 6.54 Å². The third-order valence-corrected chi connectivity index (χ3v) is 3.07. The van der Waals surface area contributed by atoms with Crippen molar-refractivity contribution in [3.8, 4) is 11.5 Å². The molecule has 2 rings (SSSR count). The van der Waals surface area contributed by atoms with E-state index in [1.807, 2.05) is 6.07 Å². The summed E-state index contributed by atoms with van der Waals surface area (Å²) < 4.78 is 5.74. The SMILES string of the molecule is Cc1ccc(-c2nnc(CCNC(C)(C)C)o2)c(C)c1. The van der Waals surface area contributed by atoms with Gasteiger partial charge in [-0.3, -0.25) is 0 Å². The molecule has 0 bridgehead atoms. The first-order valence-electron chi connectivity index (χ1n) is 7.00. The van der Waals surface area contributed by atoms with Gasteiger partial charge in [-0.1, -0.05) is 17.7 Å². The Morgan fingerprint density at radius 3 is 2.55 bits per heavy atom. The lowest BCUT2D eigenvalue weighted by molar-refractivity contribution is 0.412. The molecule has 0 fully saturated rings. The van der Waals surface area contributed by atoms with Crippen LogP contribution in [-0.4, -0.2) is 22.3 Å². The molecular weight excluding hydrogens is 250 g/mol. The van der Waals surface area contributed by atoms with E-state index in [1.54, 1.807) is 0 Å². The number of benzene rings is 1. The summed E-state index contributed by atoms with van der Waals surface area (Å²) in [6.45, 7) is 11.4. The number of hydrogen-bond donors (Lipinski definition) is 1. The molecule has 4 heteroatoms. The minimum absolute atomic E-state index is 0.108. The molecule has 1 heterocycles. The second kappa shape index (κ2) is 5.75. The maximum atomic E-state index is 5.74. The van der Waals surface area contributed by atoms with Crippen molar-refractivity contribution >= 4 is 0 Å². The van der Waals surface area contributed by atoms with Crippen LogP contribution in [0.1, 0.15) is 37.8 Å². The summed E-state index contributed by atoms with van der Waals surface area (Å²) in [7, 11) is 0. The fourth-order valence-corrected chi connectivity index (χ4v) is 2.06. The zero-order chi connectivity index (χ0) is 14.8. The molecule has 0 aliphatic rings. The van der Waals surface area contributed by atoms with Gasteiger partial charge in [0.15, 0.2) is 0 Å². The molecule has 0 aliphatic carbocycles. The predicted molar refractivity (Wildman–Crippen MR) is 80.7 cm³/mol. The molecule has 108 valence electrons. The molecular formula is C16H23N3O. The van der Waals surface area contributed by atoms with Gasteiger partial charge in [0.05, 0.1) is 0 Å². The molecule has 2 aromatic rings. The highest BCUT2D eigenvalue weighted by atomic mass is 16.4. The van der Waals surface area contributed by atoms with E-state index in [-0.39, 0.29) is 5.54 Å². The van der Waals surface area contributed by atoms with Crippen LogP contribution in [0.5, 0.6) is 0 Å². The lowest BCUT2D eigenvalue weighted by Gasteiger charge is -2.19. The Bertz CT molecular complexity index is 582. The van der Waals surface area contributed by atoms with Crippen LogP contribution in [0.2, 0.25) is 0 Å². The maximum absolute atomic E-state index is 5.74. The van der Waals surface area contributed by atoms with Crippen molar-refractivity contribution in [1.82, 2.24) is 15.5 Å². The van der Waals surface area contributed by atoms with Crippen LogP contribution >= 0.6 is 0 Å². The number of rotatable bonds is 4. The second-order valence-corrected chi connectivity index (χ2v) is 6.25. The fraction of sp³-hybridized carbons (Fsp3) is 0.500. The van der Waals surface area contributed by atoms with Gasteiger partial charge < -0.3 is 9.73 Å². The van der Waals surface area contributed by atoms with E-state index in [1.165, 1.54) is 5.56 Å². The Labute approximate surface area is 120 Å². The molecule has 0 amide bonds. The van der Waals surface area contributed by atoms with Gasteiger partial charge >= 0.3 is 0 Å².